The average Bonchev–Trinajstić information content (AvgIpc) is 2.95. The molecule has 0 atom stereocenters. The molecule has 1 aromatic carbocycles. The fourth-order valence-electron chi connectivity index (χ4n) is 1.74. The number of halogens is 1. The Bertz CT molecular complexity index is 568. The van der Waals surface area contributed by atoms with E-state index in [4.69, 9.17) is 19.7 Å². The highest BCUT2D eigenvalue weighted by atomic mass is 19.1. The fourth-order valence-corrected chi connectivity index (χ4v) is 1.74. The summed E-state index contributed by atoms with van der Waals surface area (Å²) >= 11 is 0. The average molecular weight is 236 g/mol. The number of fused-ring (bicyclic) bond motifs is 1. The number of hydrogen-bond donors (Lipinski definition) is 1. The van der Waals surface area contributed by atoms with Gasteiger partial charge in [-0.05, 0) is 17.7 Å². The fraction of sp³-hybridized carbons (Fsp3) is 0.182. The Kier molecular flexibility index (Phi) is 2.14. The first-order valence-corrected chi connectivity index (χ1v) is 4.99. The zero-order chi connectivity index (χ0) is 11.8. The van der Waals surface area contributed by atoms with Gasteiger partial charge in [-0.15, -0.1) is 0 Å². The molecule has 2 N–H and O–H groups in total. The second kappa shape index (κ2) is 3.65. The molecule has 0 unspecified atom stereocenters. The molecule has 1 aliphatic heterocycles. The van der Waals surface area contributed by atoms with Crippen molar-refractivity contribution >= 4 is 5.82 Å². The first-order valence-electron chi connectivity index (χ1n) is 4.99. The van der Waals surface area contributed by atoms with Gasteiger partial charge in [-0.3, -0.25) is 0 Å². The summed E-state index contributed by atoms with van der Waals surface area (Å²) in [7, 11) is 0. The topological polar surface area (TPSA) is 70.5 Å². The van der Waals surface area contributed by atoms with Crippen molar-refractivity contribution in [3.05, 3.63) is 23.8 Å². The van der Waals surface area contributed by atoms with Crippen LogP contribution in [0.3, 0.4) is 0 Å². The molecule has 17 heavy (non-hydrogen) atoms. The number of nitrogens with zero attached hydrogens (tertiary/aromatic N) is 1. The number of hydrogen-bond acceptors (Lipinski definition) is 5. The van der Waals surface area contributed by atoms with Crippen molar-refractivity contribution in [3.8, 4) is 22.8 Å². The summed E-state index contributed by atoms with van der Waals surface area (Å²) in [5.74, 6) is 1.72. The predicted octanol–water partition coefficient (Wildman–Crippen LogP) is 2.12. The molecule has 0 spiro atoms. The number of nitrogens with two attached hydrogens (primary N) is 1. The summed E-state index contributed by atoms with van der Waals surface area (Å²) in [6, 6.07) is 4.79. The van der Waals surface area contributed by atoms with Gasteiger partial charge in [0.15, 0.2) is 23.1 Å². The summed E-state index contributed by atoms with van der Waals surface area (Å²) < 4.78 is 28.3. The highest BCUT2D eigenvalue weighted by Gasteiger charge is 2.22. The van der Waals surface area contributed by atoms with E-state index < -0.39 is 6.67 Å². The standard InChI is InChI=1S/C11H9FN2O3/c12-4-6-1-7(8-3-10(13)14-17-8)11-9(2-6)15-5-16-11/h1-3H,4-5H2,(H2,13,14). The molecule has 6 heteroatoms. The van der Waals surface area contributed by atoms with Gasteiger partial charge in [0.1, 0.15) is 6.67 Å². The number of benzene rings is 1. The minimum atomic E-state index is -0.590. The molecule has 3 rings (SSSR count). The van der Waals surface area contributed by atoms with Crippen molar-refractivity contribution in [2.24, 2.45) is 0 Å². The minimum Gasteiger partial charge on any atom is -0.454 e. The lowest BCUT2D eigenvalue weighted by molar-refractivity contribution is 0.174. The largest absolute Gasteiger partial charge is 0.454 e. The van der Waals surface area contributed by atoms with Crippen LogP contribution in [0.2, 0.25) is 0 Å². The van der Waals surface area contributed by atoms with Gasteiger partial charge in [0.25, 0.3) is 0 Å². The van der Waals surface area contributed by atoms with Crippen molar-refractivity contribution in [2.45, 2.75) is 6.67 Å². The normalized spacial score (nSPS) is 13.0. The van der Waals surface area contributed by atoms with Crippen LogP contribution < -0.4 is 15.2 Å². The molecule has 0 bridgehead atoms. The van der Waals surface area contributed by atoms with Crippen molar-refractivity contribution in [1.82, 2.24) is 5.16 Å². The molecule has 0 saturated heterocycles. The molecule has 0 radical (unpaired) electrons. The van der Waals surface area contributed by atoms with Gasteiger partial charge < -0.3 is 19.7 Å². The lowest BCUT2D eigenvalue weighted by atomic mass is 10.1. The van der Waals surface area contributed by atoms with Crippen LogP contribution in [0.25, 0.3) is 11.3 Å². The molecule has 88 valence electrons. The lowest BCUT2D eigenvalue weighted by Gasteiger charge is -2.04. The van der Waals surface area contributed by atoms with Crippen LogP contribution in [-0.2, 0) is 6.67 Å². The Morgan fingerprint density at radius 2 is 2.18 bits per heavy atom. The quantitative estimate of drug-likeness (QED) is 0.864. The first-order chi connectivity index (χ1) is 8.28. The highest BCUT2D eigenvalue weighted by molar-refractivity contribution is 5.73. The van der Waals surface area contributed by atoms with Gasteiger partial charge in [-0.25, -0.2) is 4.39 Å². The van der Waals surface area contributed by atoms with Crippen LogP contribution in [0.15, 0.2) is 22.7 Å². The van der Waals surface area contributed by atoms with E-state index in [1.165, 1.54) is 0 Å². The maximum absolute atomic E-state index is 12.7. The molecular formula is C11H9FN2O3. The highest BCUT2D eigenvalue weighted by Crippen LogP contribution is 2.42. The molecule has 0 fully saturated rings. The van der Waals surface area contributed by atoms with E-state index in [9.17, 15) is 4.39 Å². The van der Waals surface area contributed by atoms with E-state index in [0.29, 0.717) is 28.4 Å². The monoisotopic (exact) mass is 236 g/mol. The van der Waals surface area contributed by atoms with E-state index in [2.05, 4.69) is 5.16 Å². The molecule has 0 saturated carbocycles. The number of aromatic nitrogens is 1. The molecule has 5 nitrogen and oxygen atoms in total. The third-order valence-electron chi connectivity index (χ3n) is 2.48. The number of rotatable bonds is 2. The van der Waals surface area contributed by atoms with Crippen molar-refractivity contribution in [1.29, 1.82) is 0 Å². The molecule has 1 aliphatic rings. The van der Waals surface area contributed by atoms with Crippen LogP contribution in [-0.4, -0.2) is 11.9 Å². The second-order valence-electron chi connectivity index (χ2n) is 3.63. The van der Waals surface area contributed by atoms with Gasteiger partial charge in [0, 0.05) is 6.07 Å². The van der Waals surface area contributed by atoms with Crippen LogP contribution in [0, 0.1) is 0 Å². The maximum atomic E-state index is 12.7. The summed E-state index contributed by atoms with van der Waals surface area (Å²) in [6.45, 7) is -0.477. The van der Waals surface area contributed by atoms with Crippen molar-refractivity contribution in [3.63, 3.8) is 0 Å². The van der Waals surface area contributed by atoms with Crippen molar-refractivity contribution < 1.29 is 18.4 Å². The van der Waals surface area contributed by atoms with Crippen LogP contribution >= 0.6 is 0 Å². The third kappa shape index (κ3) is 1.57. The van der Waals surface area contributed by atoms with Gasteiger partial charge in [-0.1, -0.05) is 5.16 Å². The van der Waals surface area contributed by atoms with Crippen molar-refractivity contribution in [2.75, 3.05) is 12.5 Å². The molecule has 0 amide bonds. The van der Waals surface area contributed by atoms with E-state index in [-0.39, 0.29) is 12.6 Å². The number of alkyl halides is 1. The summed E-state index contributed by atoms with van der Waals surface area (Å²) in [5, 5.41) is 3.59. The molecule has 0 aliphatic carbocycles. The maximum Gasteiger partial charge on any atom is 0.231 e. The Morgan fingerprint density at radius 1 is 1.29 bits per heavy atom. The van der Waals surface area contributed by atoms with E-state index >= 15 is 0 Å². The summed E-state index contributed by atoms with van der Waals surface area (Å²) in [6.07, 6.45) is 0. The molecule has 1 aromatic heterocycles. The van der Waals surface area contributed by atoms with Crippen LogP contribution in [0.1, 0.15) is 5.56 Å². The van der Waals surface area contributed by atoms with Gasteiger partial charge in [0.05, 0.1) is 5.56 Å². The minimum absolute atomic E-state index is 0.113. The zero-order valence-corrected chi connectivity index (χ0v) is 8.77. The second-order valence-corrected chi connectivity index (χ2v) is 3.63. The van der Waals surface area contributed by atoms with E-state index in [1.54, 1.807) is 18.2 Å². The first kappa shape index (κ1) is 9.95. The van der Waals surface area contributed by atoms with Crippen LogP contribution in [0.4, 0.5) is 10.2 Å². The summed E-state index contributed by atoms with van der Waals surface area (Å²) in [4.78, 5) is 0. The Morgan fingerprint density at radius 3 is 2.88 bits per heavy atom. The van der Waals surface area contributed by atoms with E-state index in [1.807, 2.05) is 0 Å². The number of anilines is 1. The Hall–Kier alpha value is -2.24. The molecule has 2 aromatic rings. The third-order valence-corrected chi connectivity index (χ3v) is 2.48. The Balaban J connectivity index is 2.18. The van der Waals surface area contributed by atoms with Gasteiger partial charge >= 0.3 is 0 Å². The van der Waals surface area contributed by atoms with E-state index in [0.717, 1.165) is 0 Å². The number of ether oxygens (including phenoxy) is 2. The Labute approximate surface area is 95.9 Å². The lowest BCUT2D eigenvalue weighted by Crippen LogP contribution is -1.93. The van der Waals surface area contributed by atoms with Crippen LogP contribution in [0.5, 0.6) is 11.5 Å². The van der Waals surface area contributed by atoms with Gasteiger partial charge in [0.2, 0.25) is 6.79 Å². The number of nitrogen functional groups attached to an aromatic ring is 1. The molecular weight excluding hydrogens is 227 g/mol. The SMILES string of the molecule is Nc1cc(-c2cc(CF)cc3c2OCO3)on1. The zero-order valence-electron chi connectivity index (χ0n) is 8.77. The smallest absolute Gasteiger partial charge is 0.231 e. The predicted molar refractivity (Wildman–Crippen MR) is 57.3 cm³/mol. The van der Waals surface area contributed by atoms with Gasteiger partial charge in [-0.2, -0.15) is 0 Å². The summed E-state index contributed by atoms with van der Waals surface area (Å²) in [5.41, 5.74) is 6.56. The molecule has 2 heterocycles.